The topological polar surface area (TPSA) is 76.3 Å². The number of pyridine rings is 1. The molecule has 1 aliphatic rings. The number of amides is 2. The molecule has 1 atom stereocenters. The molecule has 0 spiro atoms. The van der Waals surface area contributed by atoms with E-state index in [1.807, 2.05) is 6.92 Å². The smallest absolute Gasteiger partial charge is 0.280 e. The van der Waals surface area contributed by atoms with Crippen molar-refractivity contribution in [2.45, 2.75) is 25.8 Å². The van der Waals surface area contributed by atoms with Crippen molar-refractivity contribution in [1.82, 2.24) is 9.88 Å². The van der Waals surface area contributed by atoms with E-state index in [1.54, 1.807) is 12.1 Å². The van der Waals surface area contributed by atoms with Gasteiger partial charge in [0.15, 0.2) is 0 Å². The summed E-state index contributed by atoms with van der Waals surface area (Å²) in [6.45, 7) is 2.29. The van der Waals surface area contributed by atoms with Crippen molar-refractivity contribution in [2.24, 2.45) is 5.73 Å². The fraction of sp³-hybridized carbons (Fsp3) is 0.417. The number of carbonyl (C=O) groups is 2. The third-order valence-electron chi connectivity index (χ3n) is 2.94. The van der Waals surface area contributed by atoms with E-state index in [0.29, 0.717) is 12.1 Å². The number of hydrogen-bond donors (Lipinski definition) is 1. The summed E-state index contributed by atoms with van der Waals surface area (Å²) in [6.07, 6.45) is 3.12. The molecule has 0 bridgehead atoms. The normalized spacial score (nSPS) is 16.2. The van der Waals surface area contributed by atoms with Crippen LogP contribution in [0.3, 0.4) is 0 Å². The van der Waals surface area contributed by atoms with Gasteiger partial charge >= 0.3 is 0 Å². The molecule has 0 aliphatic carbocycles. The molecule has 2 rings (SSSR count). The lowest BCUT2D eigenvalue weighted by atomic mass is 10.1. The molecular weight excluding hydrogens is 218 g/mol. The van der Waals surface area contributed by atoms with Crippen LogP contribution in [0.15, 0.2) is 18.3 Å². The molecule has 2 N–H and O–H groups in total. The summed E-state index contributed by atoms with van der Waals surface area (Å²) in [4.78, 5) is 29.4. The van der Waals surface area contributed by atoms with Gasteiger partial charge in [-0.25, -0.2) is 0 Å². The number of nitrogens with two attached hydrogens (primary N) is 1. The summed E-state index contributed by atoms with van der Waals surface area (Å²) in [6, 6.07) is 3.06. The number of rotatable bonds is 4. The third-order valence-corrected chi connectivity index (χ3v) is 2.94. The van der Waals surface area contributed by atoms with Crippen LogP contribution in [0.1, 0.15) is 40.6 Å². The Morgan fingerprint density at radius 1 is 1.41 bits per heavy atom. The van der Waals surface area contributed by atoms with Gasteiger partial charge in [0.2, 0.25) is 0 Å². The summed E-state index contributed by atoms with van der Waals surface area (Å²) >= 11 is 0. The average molecular weight is 233 g/mol. The molecule has 2 amide bonds. The van der Waals surface area contributed by atoms with Crippen molar-refractivity contribution >= 4 is 11.8 Å². The van der Waals surface area contributed by atoms with Gasteiger partial charge in [0.25, 0.3) is 11.8 Å². The van der Waals surface area contributed by atoms with E-state index < -0.39 is 0 Å². The molecular formula is C12H15N3O2. The van der Waals surface area contributed by atoms with E-state index in [9.17, 15) is 9.59 Å². The molecule has 1 aromatic heterocycles. The molecule has 0 saturated heterocycles. The van der Waals surface area contributed by atoms with Crippen molar-refractivity contribution in [3.63, 3.8) is 0 Å². The van der Waals surface area contributed by atoms with Gasteiger partial charge in [-0.05, 0) is 18.6 Å². The van der Waals surface area contributed by atoms with Crippen LogP contribution in [0.25, 0.3) is 0 Å². The van der Waals surface area contributed by atoms with Crippen LogP contribution in [0, 0.1) is 0 Å². The molecule has 5 heteroatoms. The van der Waals surface area contributed by atoms with Crippen molar-refractivity contribution < 1.29 is 9.59 Å². The average Bonchev–Trinajstić information content (AvgIpc) is 2.61. The first kappa shape index (κ1) is 11.7. The van der Waals surface area contributed by atoms with Crippen LogP contribution in [-0.2, 0) is 0 Å². The maximum atomic E-state index is 12.1. The Labute approximate surface area is 99.6 Å². The van der Waals surface area contributed by atoms with E-state index in [4.69, 9.17) is 5.73 Å². The highest BCUT2D eigenvalue weighted by molar-refractivity contribution is 6.20. The lowest BCUT2D eigenvalue weighted by Crippen LogP contribution is -2.44. The van der Waals surface area contributed by atoms with Gasteiger partial charge in [0.1, 0.15) is 5.69 Å². The van der Waals surface area contributed by atoms with E-state index in [2.05, 4.69) is 4.98 Å². The van der Waals surface area contributed by atoms with Gasteiger partial charge in [0.05, 0.1) is 11.6 Å². The summed E-state index contributed by atoms with van der Waals surface area (Å²) in [5.41, 5.74) is 6.26. The molecule has 0 aromatic carbocycles. The van der Waals surface area contributed by atoms with Crippen LogP contribution < -0.4 is 5.73 Å². The lowest BCUT2D eigenvalue weighted by molar-refractivity contribution is 0.0579. The van der Waals surface area contributed by atoms with E-state index in [0.717, 1.165) is 12.8 Å². The van der Waals surface area contributed by atoms with E-state index in [1.165, 1.54) is 11.1 Å². The van der Waals surface area contributed by atoms with E-state index >= 15 is 0 Å². The Hall–Kier alpha value is -1.75. The number of hydrogen-bond acceptors (Lipinski definition) is 4. The van der Waals surface area contributed by atoms with Crippen LogP contribution in [0.5, 0.6) is 0 Å². The Morgan fingerprint density at radius 3 is 2.76 bits per heavy atom. The molecule has 17 heavy (non-hydrogen) atoms. The fourth-order valence-corrected chi connectivity index (χ4v) is 2.10. The first-order valence-electron chi connectivity index (χ1n) is 5.73. The minimum absolute atomic E-state index is 0.228. The molecule has 5 nitrogen and oxygen atoms in total. The molecule has 0 saturated carbocycles. The van der Waals surface area contributed by atoms with Crippen molar-refractivity contribution in [3.8, 4) is 0 Å². The van der Waals surface area contributed by atoms with Crippen LogP contribution in [0.2, 0.25) is 0 Å². The van der Waals surface area contributed by atoms with Gasteiger partial charge in [-0.15, -0.1) is 0 Å². The maximum absolute atomic E-state index is 12.1. The molecule has 1 unspecified atom stereocenters. The third kappa shape index (κ3) is 1.82. The highest BCUT2D eigenvalue weighted by Crippen LogP contribution is 2.23. The van der Waals surface area contributed by atoms with Gasteiger partial charge in [-0.3, -0.25) is 19.5 Å². The summed E-state index contributed by atoms with van der Waals surface area (Å²) in [7, 11) is 0. The predicted molar refractivity (Wildman–Crippen MR) is 62.5 cm³/mol. The largest absolute Gasteiger partial charge is 0.328 e. The Kier molecular flexibility index (Phi) is 3.19. The highest BCUT2D eigenvalue weighted by Gasteiger charge is 2.39. The second-order valence-electron chi connectivity index (χ2n) is 4.06. The van der Waals surface area contributed by atoms with Crippen LogP contribution >= 0.6 is 0 Å². The molecule has 2 heterocycles. The number of fused-ring (bicyclic) bond motifs is 1. The summed E-state index contributed by atoms with van der Waals surface area (Å²) in [5.74, 6) is -0.600. The minimum atomic E-state index is -0.325. The number of aromatic nitrogens is 1. The Morgan fingerprint density at radius 2 is 2.18 bits per heavy atom. The van der Waals surface area contributed by atoms with Crippen molar-refractivity contribution in [2.75, 3.05) is 6.54 Å². The van der Waals surface area contributed by atoms with Gasteiger partial charge in [0, 0.05) is 12.7 Å². The monoisotopic (exact) mass is 233 g/mol. The second kappa shape index (κ2) is 4.63. The molecule has 0 fully saturated rings. The zero-order valence-corrected chi connectivity index (χ0v) is 9.72. The standard InChI is InChI=1S/C12H15N3O2/c1-2-4-8(7-13)15-11(16)9-5-3-6-14-10(9)12(15)17/h3,5-6,8H,2,4,7,13H2,1H3. The molecule has 1 aliphatic heterocycles. The molecule has 0 radical (unpaired) electrons. The first-order valence-corrected chi connectivity index (χ1v) is 5.73. The van der Waals surface area contributed by atoms with Crippen LogP contribution in [-0.4, -0.2) is 34.3 Å². The fourth-order valence-electron chi connectivity index (χ4n) is 2.10. The first-order chi connectivity index (χ1) is 8.20. The van der Waals surface area contributed by atoms with E-state index in [-0.39, 0.29) is 23.6 Å². The molecule has 1 aromatic rings. The maximum Gasteiger partial charge on any atom is 0.280 e. The zero-order chi connectivity index (χ0) is 12.4. The number of nitrogens with zero attached hydrogens (tertiary/aromatic N) is 2. The SMILES string of the molecule is CCCC(CN)N1C(=O)c2cccnc2C1=O. The lowest BCUT2D eigenvalue weighted by Gasteiger charge is -2.24. The van der Waals surface area contributed by atoms with Gasteiger partial charge < -0.3 is 5.73 Å². The van der Waals surface area contributed by atoms with Crippen molar-refractivity contribution in [3.05, 3.63) is 29.6 Å². The highest BCUT2D eigenvalue weighted by atomic mass is 16.2. The second-order valence-corrected chi connectivity index (χ2v) is 4.06. The predicted octanol–water partition coefficient (Wildman–Crippen LogP) is 0.805. The quantitative estimate of drug-likeness (QED) is 0.780. The Bertz CT molecular complexity index is 424. The Balaban J connectivity index is 2.35. The number of carbonyl (C=O) groups excluding carboxylic acids is 2. The number of imide groups is 1. The summed E-state index contributed by atoms with van der Waals surface area (Å²) in [5, 5.41) is 0. The van der Waals surface area contributed by atoms with Gasteiger partial charge in [-0.1, -0.05) is 13.3 Å². The van der Waals surface area contributed by atoms with Crippen LogP contribution in [0.4, 0.5) is 0 Å². The zero-order valence-electron chi connectivity index (χ0n) is 9.72. The molecule has 90 valence electrons. The summed E-state index contributed by atoms with van der Waals surface area (Å²) < 4.78 is 0. The van der Waals surface area contributed by atoms with Gasteiger partial charge in [-0.2, -0.15) is 0 Å². The minimum Gasteiger partial charge on any atom is -0.328 e. The van der Waals surface area contributed by atoms with Crippen molar-refractivity contribution in [1.29, 1.82) is 0 Å².